The van der Waals surface area contributed by atoms with Gasteiger partial charge in [-0.1, -0.05) is 162 Å². The van der Waals surface area contributed by atoms with E-state index in [-0.39, 0.29) is 0 Å². The van der Waals surface area contributed by atoms with Crippen molar-refractivity contribution in [2.45, 2.75) is 26.0 Å². The molecule has 0 radical (unpaired) electrons. The Labute approximate surface area is 196 Å². The van der Waals surface area contributed by atoms with Crippen LogP contribution in [0, 0.1) is 0 Å². The molecule has 0 nitrogen and oxygen atoms in total. The van der Waals surface area contributed by atoms with Crippen LogP contribution in [0.25, 0.3) is 0 Å². The van der Waals surface area contributed by atoms with Crippen molar-refractivity contribution >= 4 is 162 Å². The highest BCUT2D eigenvalue weighted by molar-refractivity contribution is 6.80. The van der Waals surface area contributed by atoms with E-state index in [1.54, 1.807) is 0 Å². The zero-order valence-corrected chi connectivity index (χ0v) is 19.9. The maximum atomic E-state index is 6.10. The minimum atomic E-state index is -2.63. The number of hydrogen-bond acceptors (Lipinski definition) is 0. The molecule has 0 saturated carbocycles. The third kappa shape index (κ3) is 2.95. The van der Waals surface area contributed by atoms with E-state index in [4.69, 9.17) is 162 Å². The minimum Gasteiger partial charge on any atom is -0.0946 e. The van der Waals surface area contributed by atoms with Crippen LogP contribution in [0.15, 0.2) is 10.1 Å². The summed E-state index contributed by atoms with van der Waals surface area (Å²) in [6.07, 6.45) is 0. The summed E-state index contributed by atoms with van der Waals surface area (Å²) in [6.45, 7) is 0. The first-order chi connectivity index (χ1) is 9.32. The van der Waals surface area contributed by atoms with E-state index in [9.17, 15) is 0 Å². The molecule has 130 valence electrons. The molecule has 0 atom stereocenters. The molecule has 0 N–H and O–H groups in total. The Balaban J connectivity index is 4.02. The molecule has 0 saturated heterocycles. The molecule has 0 unspecified atom stereocenters. The van der Waals surface area contributed by atoms with Gasteiger partial charge in [-0.15, -0.1) is 0 Å². The summed E-state index contributed by atoms with van der Waals surface area (Å²) in [4.78, 5) is 0. The van der Waals surface area contributed by atoms with Crippen LogP contribution in [0.1, 0.15) is 0 Å². The number of rotatable bonds is 0. The Kier molecular flexibility index (Phi) is 7.26. The summed E-state index contributed by atoms with van der Waals surface area (Å²) >= 11 is 84.9. The molecule has 0 aromatic heterocycles. The monoisotopic (exact) mass is 586 g/mol. The van der Waals surface area contributed by atoms with Gasteiger partial charge >= 0.3 is 0 Å². The normalized spacial score (nSPS) is 34.6. The van der Waals surface area contributed by atoms with Crippen molar-refractivity contribution < 1.29 is 0 Å². The van der Waals surface area contributed by atoms with E-state index in [2.05, 4.69) is 0 Å². The summed E-state index contributed by atoms with van der Waals surface area (Å²) in [6, 6.07) is 0. The van der Waals surface area contributed by atoms with Gasteiger partial charge in [0.05, 0.1) is 10.1 Å². The molecule has 0 heterocycles. The molecular formula is C8Cl14. The fourth-order valence-corrected chi connectivity index (χ4v) is 6.09. The fourth-order valence-electron chi connectivity index (χ4n) is 1.34. The third-order valence-corrected chi connectivity index (χ3v) is 12.5. The average molecular weight is 592 g/mol. The number of hydrogen-bond donors (Lipinski definition) is 0. The first-order valence-electron chi connectivity index (χ1n) is 4.65. The standard InChI is InChI=1S/C8Cl14/c9-1-2(10)4(13,14)6(17,18)8(21,22)7(19,20)5(15,16)3(1,11)12/b2-1-. The molecule has 14 heteroatoms. The Morgan fingerprint density at radius 1 is 0.364 bits per heavy atom. The summed E-state index contributed by atoms with van der Waals surface area (Å²) in [7, 11) is 0. The van der Waals surface area contributed by atoms with Crippen molar-refractivity contribution in [2.24, 2.45) is 0 Å². The topological polar surface area (TPSA) is 0 Å². The van der Waals surface area contributed by atoms with E-state index in [1.807, 2.05) is 0 Å². The highest BCUT2D eigenvalue weighted by Gasteiger charge is 2.79. The van der Waals surface area contributed by atoms with Crippen molar-refractivity contribution in [3.8, 4) is 0 Å². The van der Waals surface area contributed by atoms with Crippen molar-refractivity contribution in [2.75, 3.05) is 0 Å². The number of alkyl halides is 12. The van der Waals surface area contributed by atoms with Gasteiger partial charge in [0.15, 0.2) is 26.0 Å². The number of halogens is 14. The van der Waals surface area contributed by atoms with Crippen LogP contribution < -0.4 is 0 Å². The van der Waals surface area contributed by atoms with Crippen molar-refractivity contribution in [3.63, 3.8) is 0 Å². The molecule has 1 aliphatic rings. The molecule has 0 aliphatic heterocycles. The van der Waals surface area contributed by atoms with Crippen LogP contribution in [0.5, 0.6) is 0 Å². The van der Waals surface area contributed by atoms with Crippen molar-refractivity contribution in [3.05, 3.63) is 10.1 Å². The highest BCUT2D eigenvalue weighted by Crippen LogP contribution is 2.73. The van der Waals surface area contributed by atoms with Gasteiger partial charge < -0.3 is 0 Å². The summed E-state index contributed by atoms with van der Waals surface area (Å²) in [5, 5.41) is -1.26. The lowest BCUT2D eigenvalue weighted by Crippen LogP contribution is -2.68. The van der Waals surface area contributed by atoms with Gasteiger partial charge in [-0.2, -0.15) is 0 Å². The van der Waals surface area contributed by atoms with Gasteiger partial charge in [-0.25, -0.2) is 0 Å². The molecule has 1 aliphatic carbocycles. The Morgan fingerprint density at radius 2 is 0.545 bits per heavy atom. The SMILES string of the molecule is Cl/C1=C(\Cl)C(Cl)(Cl)C(Cl)(Cl)C(Cl)(Cl)C(Cl)(Cl)C(Cl)(Cl)C1(Cl)Cl. The first-order valence-corrected chi connectivity index (χ1v) is 9.94. The molecule has 0 aromatic rings. The predicted octanol–water partition coefficient (Wildman–Crippen LogP) is 8.73. The van der Waals surface area contributed by atoms with E-state index >= 15 is 0 Å². The second kappa shape index (κ2) is 6.70. The van der Waals surface area contributed by atoms with Crippen molar-refractivity contribution in [1.29, 1.82) is 0 Å². The van der Waals surface area contributed by atoms with Gasteiger partial charge in [0.1, 0.15) is 0 Å². The third-order valence-electron chi connectivity index (χ3n) is 2.72. The van der Waals surface area contributed by atoms with E-state index in [1.165, 1.54) is 0 Å². The lowest BCUT2D eigenvalue weighted by Gasteiger charge is -2.53. The molecule has 0 fully saturated rings. The largest absolute Gasteiger partial charge is 0.191 e. The van der Waals surface area contributed by atoms with Crippen molar-refractivity contribution in [1.82, 2.24) is 0 Å². The summed E-state index contributed by atoms with van der Waals surface area (Å²) in [5.74, 6) is 0. The number of allylic oxidation sites excluding steroid dienone is 2. The lowest BCUT2D eigenvalue weighted by atomic mass is 10.00. The summed E-state index contributed by atoms with van der Waals surface area (Å²) in [5.41, 5.74) is 0. The molecule has 0 amide bonds. The van der Waals surface area contributed by atoms with Crippen LogP contribution >= 0.6 is 162 Å². The van der Waals surface area contributed by atoms with Gasteiger partial charge in [-0.05, 0) is 0 Å². The Morgan fingerprint density at radius 3 is 0.727 bits per heavy atom. The van der Waals surface area contributed by atoms with E-state index < -0.39 is 36.1 Å². The molecule has 0 spiro atoms. The van der Waals surface area contributed by atoms with Gasteiger partial charge in [0, 0.05) is 0 Å². The minimum absolute atomic E-state index is 0.632. The van der Waals surface area contributed by atoms with Gasteiger partial charge in [0.25, 0.3) is 0 Å². The zero-order chi connectivity index (χ0) is 18.2. The summed E-state index contributed by atoms with van der Waals surface area (Å²) < 4.78 is -15.3. The van der Waals surface area contributed by atoms with Crippen LogP contribution in [0.3, 0.4) is 0 Å². The quantitative estimate of drug-likeness (QED) is 0.247. The Bertz CT molecular complexity index is 465. The van der Waals surface area contributed by atoms with Gasteiger partial charge in [-0.3, -0.25) is 0 Å². The predicted molar refractivity (Wildman–Crippen MR) is 105 cm³/mol. The second-order valence-corrected chi connectivity index (χ2v) is 12.8. The molecule has 1 rings (SSSR count). The fraction of sp³-hybridized carbons (Fsp3) is 0.750. The van der Waals surface area contributed by atoms with Crippen LogP contribution in [0.4, 0.5) is 0 Å². The van der Waals surface area contributed by atoms with Crippen LogP contribution in [0.2, 0.25) is 0 Å². The van der Waals surface area contributed by atoms with Crippen LogP contribution in [-0.2, 0) is 0 Å². The highest BCUT2D eigenvalue weighted by atomic mass is 35.6. The average Bonchev–Trinajstić information content (AvgIpc) is 2.34. The van der Waals surface area contributed by atoms with E-state index in [0.717, 1.165) is 0 Å². The van der Waals surface area contributed by atoms with Gasteiger partial charge in [0.2, 0.25) is 0 Å². The Hall–Kier alpha value is 3.80. The smallest absolute Gasteiger partial charge is 0.0946 e. The van der Waals surface area contributed by atoms with E-state index in [0.29, 0.717) is 0 Å². The molecule has 0 bridgehead atoms. The second-order valence-electron chi connectivity index (χ2n) is 4.07. The maximum Gasteiger partial charge on any atom is 0.191 e. The maximum absolute atomic E-state index is 6.10. The molecule has 0 aromatic carbocycles. The first kappa shape index (κ1) is 23.8. The lowest BCUT2D eigenvalue weighted by molar-refractivity contribution is 0.492. The zero-order valence-electron chi connectivity index (χ0n) is 9.29. The molecular weight excluding hydrogens is 592 g/mol. The van der Waals surface area contributed by atoms with Crippen LogP contribution in [-0.4, -0.2) is 26.0 Å². The molecule has 22 heavy (non-hydrogen) atoms.